The van der Waals surface area contributed by atoms with E-state index in [9.17, 15) is 24.0 Å². The van der Waals surface area contributed by atoms with Crippen molar-refractivity contribution in [2.45, 2.75) is 116 Å². The molecule has 0 saturated heterocycles. The smallest absolute Gasteiger partial charge is 0.407 e. The zero-order chi connectivity index (χ0) is 41.2. The molecule has 0 heterocycles. The maximum Gasteiger partial charge on any atom is 0.407 e. The van der Waals surface area contributed by atoms with Gasteiger partial charge in [0.1, 0.15) is 30.3 Å². The highest BCUT2D eigenvalue weighted by atomic mass is 16.6. The molecule has 0 unspecified atom stereocenters. The molecule has 4 atom stereocenters. The van der Waals surface area contributed by atoms with Crippen molar-refractivity contribution >= 4 is 29.8 Å². The first-order chi connectivity index (χ1) is 26.3. The van der Waals surface area contributed by atoms with Crippen molar-refractivity contribution in [2.24, 2.45) is 5.92 Å². The molecular formula is C44H58N4O8. The molecule has 0 spiro atoms. The molecular weight excluding hydrogens is 713 g/mol. The van der Waals surface area contributed by atoms with Gasteiger partial charge in [-0.15, -0.1) is 0 Å². The van der Waals surface area contributed by atoms with E-state index >= 15 is 0 Å². The zero-order valence-electron chi connectivity index (χ0n) is 34.1. The number of esters is 1. The third kappa shape index (κ3) is 12.9. The molecule has 4 N–H and O–H groups in total. The van der Waals surface area contributed by atoms with Crippen molar-refractivity contribution in [3.8, 4) is 11.1 Å². The quantitative estimate of drug-likeness (QED) is 0.133. The Morgan fingerprint density at radius 3 is 1.70 bits per heavy atom. The van der Waals surface area contributed by atoms with Crippen LogP contribution in [-0.4, -0.2) is 78.4 Å². The minimum atomic E-state index is -1.14. The second-order valence-electron chi connectivity index (χ2n) is 16.7. The predicted molar refractivity (Wildman–Crippen MR) is 215 cm³/mol. The van der Waals surface area contributed by atoms with Crippen LogP contribution in [0.2, 0.25) is 0 Å². The Kier molecular flexibility index (Phi) is 14.8. The molecule has 0 saturated carbocycles. The van der Waals surface area contributed by atoms with Crippen molar-refractivity contribution in [2.75, 3.05) is 13.2 Å². The number of rotatable bonds is 16. The summed E-state index contributed by atoms with van der Waals surface area (Å²) in [6, 6.07) is 20.7. The van der Waals surface area contributed by atoms with Gasteiger partial charge in [-0.25, -0.2) is 9.59 Å². The minimum absolute atomic E-state index is 0.0274. The maximum atomic E-state index is 14.0. The van der Waals surface area contributed by atoms with Gasteiger partial charge in [0.05, 0.1) is 12.2 Å². The summed E-state index contributed by atoms with van der Waals surface area (Å²) in [5.74, 6) is -2.69. The zero-order valence-corrected chi connectivity index (χ0v) is 34.1. The molecule has 4 rings (SSSR count). The van der Waals surface area contributed by atoms with Crippen LogP contribution in [0, 0.1) is 5.92 Å². The van der Waals surface area contributed by atoms with E-state index < -0.39 is 65.2 Å². The molecule has 1 aliphatic carbocycles. The predicted octanol–water partition coefficient (Wildman–Crippen LogP) is 5.81. The Hall–Kier alpha value is -5.23. The Labute approximate surface area is 330 Å². The maximum absolute atomic E-state index is 14.0. The lowest BCUT2D eigenvalue weighted by Gasteiger charge is -2.29. The van der Waals surface area contributed by atoms with Crippen LogP contribution in [0.4, 0.5) is 4.79 Å². The fourth-order valence-corrected chi connectivity index (χ4v) is 6.36. The van der Waals surface area contributed by atoms with Crippen LogP contribution < -0.4 is 21.3 Å². The lowest BCUT2D eigenvalue weighted by molar-refractivity contribution is -0.162. The van der Waals surface area contributed by atoms with Crippen molar-refractivity contribution in [3.05, 3.63) is 95.6 Å². The van der Waals surface area contributed by atoms with Crippen LogP contribution in [0.5, 0.6) is 0 Å². The highest BCUT2D eigenvalue weighted by molar-refractivity contribution is 5.95. The SMILES string of the molecule is CC(C)C[C@H](NC(=O)[C@H](Cc1ccccc1)NC(=O)[C@H](C)NC(=O)OCC1c2ccccc2-c2ccccc21)C(=O)N[C@@H](COC(C)(C)C)C(=O)OC(C)(C)C. The van der Waals surface area contributed by atoms with Gasteiger partial charge < -0.3 is 35.5 Å². The van der Waals surface area contributed by atoms with E-state index in [0.717, 1.165) is 27.8 Å². The number of hydrogen-bond acceptors (Lipinski definition) is 8. The van der Waals surface area contributed by atoms with Crippen LogP contribution >= 0.6 is 0 Å². The van der Waals surface area contributed by atoms with Crippen LogP contribution in [0.1, 0.15) is 91.3 Å². The van der Waals surface area contributed by atoms with Gasteiger partial charge in [0.25, 0.3) is 0 Å². The molecule has 0 fully saturated rings. The Bertz CT molecular complexity index is 1790. The highest BCUT2D eigenvalue weighted by Crippen LogP contribution is 2.44. The number of ether oxygens (including phenoxy) is 3. The molecule has 0 bridgehead atoms. The first kappa shape index (κ1) is 43.5. The van der Waals surface area contributed by atoms with Crippen molar-refractivity contribution in [3.63, 3.8) is 0 Å². The number of nitrogens with one attached hydrogen (secondary N) is 4. The van der Waals surface area contributed by atoms with Crippen LogP contribution in [0.3, 0.4) is 0 Å². The number of carbonyl (C=O) groups is 5. The normalized spacial score (nSPS) is 14.7. The Morgan fingerprint density at radius 2 is 1.14 bits per heavy atom. The van der Waals surface area contributed by atoms with Crippen LogP contribution in [0.15, 0.2) is 78.9 Å². The lowest BCUT2D eigenvalue weighted by Crippen LogP contribution is -2.59. The molecule has 4 amide bonds. The average Bonchev–Trinajstić information content (AvgIpc) is 3.44. The van der Waals surface area contributed by atoms with Crippen molar-refractivity contribution < 1.29 is 38.2 Å². The summed E-state index contributed by atoms with van der Waals surface area (Å²) >= 11 is 0. The number of hydrogen-bond donors (Lipinski definition) is 4. The van der Waals surface area contributed by atoms with E-state index in [1.807, 2.05) is 113 Å². The molecule has 3 aromatic rings. The van der Waals surface area contributed by atoms with Gasteiger partial charge >= 0.3 is 12.1 Å². The fourth-order valence-electron chi connectivity index (χ4n) is 6.36. The molecule has 302 valence electrons. The first-order valence-corrected chi connectivity index (χ1v) is 19.2. The minimum Gasteiger partial charge on any atom is -0.458 e. The molecule has 3 aromatic carbocycles. The lowest BCUT2D eigenvalue weighted by atomic mass is 9.98. The van der Waals surface area contributed by atoms with Gasteiger partial charge in [0.15, 0.2) is 6.04 Å². The first-order valence-electron chi connectivity index (χ1n) is 19.2. The van der Waals surface area contributed by atoms with E-state index in [4.69, 9.17) is 14.2 Å². The summed E-state index contributed by atoms with van der Waals surface area (Å²) in [5, 5.41) is 10.9. The number of alkyl carbamates (subject to hydrolysis) is 1. The average molecular weight is 771 g/mol. The van der Waals surface area contributed by atoms with Crippen LogP contribution in [0.25, 0.3) is 11.1 Å². The van der Waals surface area contributed by atoms with Gasteiger partial charge in [-0.2, -0.15) is 0 Å². The van der Waals surface area contributed by atoms with Crippen LogP contribution in [-0.2, 0) is 39.8 Å². The summed E-state index contributed by atoms with van der Waals surface area (Å²) in [6.07, 6.45) is -0.432. The fraction of sp³-hybridized carbons (Fsp3) is 0.477. The molecule has 1 aliphatic rings. The third-order valence-electron chi connectivity index (χ3n) is 9.02. The number of carbonyl (C=O) groups excluding carboxylic acids is 5. The molecule has 0 aromatic heterocycles. The summed E-state index contributed by atoms with van der Waals surface area (Å²) < 4.78 is 17.1. The van der Waals surface area contributed by atoms with E-state index in [2.05, 4.69) is 21.3 Å². The summed E-state index contributed by atoms with van der Waals surface area (Å²) in [7, 11) is 0. The monoisotopic (exact) mass is 770 g/mol. The summed E-state index contributed by atoms with van der Waals surface area (Å²) in [4.78, 5) is 67.5. The Morgan fingerprint density at radius 1 is 0.625 bits per heavy atom. The van der Waals surface area contributed by atoms with Gasteiger partial charge in [-0.1, -0.05) is 92.7 Å². The number of amides is 4. The van der Waals surface area contributed by atoms with Crippen molar-refractivity contribution in [1.82, 2.24) is 21.3 Å². The van der Waals surface area contributed by atoms with E-state index in [0.29, 0.717) is 0 Å². The molecule has 0 aliphatic heterocycles. The Balaban J connectivity index is 1.44. The molecule has 12 nitrogen and oxygen atoms in total. The van der Waals surface area contributed by atoms with Gasteiger partial charge in [-0.3, -0.25) is 14.4 Å². The highest BCUT2D eigenvalue weighted by Gasteiger charge is 2.34. The second-order valence-corrected chi connectivity index (χ2v) is 16.7. The van der Waals surface area contributed by atoms with Gasteiger partial charge in [0.2, 0.25) is 17.7 Å². The largest absolute Gasteiger partial charge is 0.458 e. The molecule has 0 radical (unpaired) electrons. The topological polar surface area (TPSA) is 161 Å². The van der Waals surface area contributed by atoms with Gasteiger partial charge in [-0.05, 0) is 88.6 Å². The molecule has 12 heteroatoms. The van der Waals surface area contributed by atoms with Gasteiger partial charge in [0, 0.05) is 12.3 Å². The third-order valence-corrected chi connectivity index (χ3v) is 9.02. The van der Waals surface area contributed by atoms with E-state index in [1.54, 1.807) is 20.8 Å². The number of fused-ring (bicyclic) bond motifs is 3. The van der Waals surface area contributed by atoms with E-state index in [-0.39, 0.29) is 37.9 Å². The summed E-state index contributed by atoms with van der Waals surface area (Å²) in [5.41, 5.74) is 3.66. The molecule has 56 heavy (non-hydrogen) atoms. The summed E-state index contributed by atoms with van der Waals surface area (Å²) in [6.45, 7) is 15.9. The van der Waals surface area contributed by atoms with Crippen molar-refractivity contribution in [1.29, 1.82) is 0 Å². The van der Waals surface area contributed by atoms with E-state index in [1.165, 1.54) is 6.92 Å². The number of benzene rings is 3. The standard InChI is InChI=1S/C44H58N4O8/c1-27(2)23-35(39(50)48-37(26-55-43(4,5)6)41(52)56-44(7,8)9)47-40(51)36(24-29-17-11-10-12-18-29)46-38(49)28(3)45-42(53)54-25-34-32-21-15-13-19-30(32)31-20-14-16-22-33(31)34/h10-22,27-28,34-37H,23-26H2,1-9H3,(H,45,53)(H,46,49)(H,47,51)(H,48,50)/t28-,35-,36-,37-/m0/s1. The second kappa shape index (κ2) is 19.1.